The Morgan fingerprint density at radius 3 is 2.76 bits per heavy atom. The number of fused-ring (bicyclic) bond motifs is 1. The van der Waals surface area contributed by atoms with Gasteiger partial charge in [0, 0.05) is 72.5 Å². The van der Waals surface area contributed by atoms with Gasteiger partial charge in [0.25, 0.3) is 0 Å². The van der Waals surface area contributed by atoms with E-state index in [1.807, 2.05) is 32.4 Å². The molecule has 1 fully saturated rings. The molecule has 170 valence electrons. The summed E-state index contributed by atoms with van der Waals surface area (Å²) in [5.74, 6) is 1.37. The van der Waals surface area contributed by atoms with E-state index in [1.54, 1.807) is 6.20 Å². The Morgan fingerprint density at radius 1 is 1.18 bits per heavy atom. The van der Waals surface area contributed by atoms with Gasteiger partial charge in [0.05, 0.1) is 5.92 Å². The van der Waals surface area contributed by atoms with Crippen LogP contribution < -0.4 is 0 Å². The number of rotatable bonds is 5. The van der Waals surface area contributed by atoms with Gasteiger partial charge in [0.15, 0.2) is 0 Å². The first-order chi connectivity index (χ1) is 16.0. The second-order valence-electron chi connectivity index (χ2n) is 9.35. The van der Waals surface area contributed by atoms with Gasteiger partial charge >= 0.3 is 0 Å². The van der Waals surface area contributed by atoms with Gasteiger partial charge in [-0.1, -0.05) is 18.6 Å². The molecule has 0 saturated carbocycles. The summed E-state index contributed by atoms with van der Waals surface area (Å²) in [6.07, 6.45) is 9.53. The number of hydrogen-bond donors (Lipinski definition) is 1. The predicted octanol–water partition coefficient (Wildman–Crippen LogP) is 5.09. The number of carbonyl (C=O) groups excluding carboxylic acids is 1. The monoisotopic (exact) mass is 441 g/mol. The van der Waals surface area contributed by atoms with Crippen LogP contribution in [0.15, 0.2) is 55.1 Å². The van der Waals surface area contributed by atoms with Crippen molar-refractivity contribution in [2.24, 2.45) is 5.92 Å². The number of piperidine rings is 1. The van der Waals surface area contributed by atoms with Crippen molar-refractivity contribution in [1.82, 2.24) is 24.4 Å². The molecule has 0 bridgehead atoms. The van der Waals surface area contributed by atoms with E-state index in [1.165, 1.54) is 27.8 Å². The van der Waals surface area contributed by atoms with Crippen molar-refractivity contribution in [1.29, 1.82) is 0 Å². The number of benzene rings is 1. The zero-order valence-electron chi connectivity index (χ0n) is 19.6. The number of imidazole rings is 1. The van der Waals surface area contributed by atoms with Crippen LogP contribution in [0.25, 0.3) is 22.0 Å². The number of H-pyrrole nitrogens is 1. The highest BCUT2D eigenvalue weighted by molar-refractivity contribution is 5.98. The van der Waals surface area contributed by atoms with Crippen molar-refractivity contribution >= 4 is 16.8 Å². The molecule has 2 atom stereocenters. The summed E-state index contributed by atoms with van der Waals surface area (Å²) in [6, 6.07) is 10.7. The zero-order valence-corrected chi connectivity index (χ0v) is 19.6. The van der Waals surface area contributed by atoms with Crippen molar-refractivity contribution in [2.45, 2.75) is 46.1 Å². The van der Waals surface area contributed by atoms with Gasteiger partial charge < -0.3 is 14.5 Å². The van der Waals surface area contributed by atoms with Crippen LogP contribution >= 0.6 is 0 Å². The van der Waals surface area contributed by atoms with Crippen molar-refractivity contribution in [3.8, 4) is 11.1 Å². The van der Waals surface area contributed by atoms with Crippen LogP contribution in [-0.4, -0.2) is 43.4 Å². The molecule has 1 amide bonds. The van der Waals surface area contributed by atoms with Crippen molar-refractivity contribution in [3.63, 3.8) is 0 Å². The Hall–Kier alpha value is -3.41. The van der Waals surface area contributed by atoms with E-state index in [4.69, 9.17) is 0 Å². The molecule has 1 aliphatic heterocycles. The van der Waals surface area contributed by atoms with E-state index in [0.717, 1.165) is 37.3 Å². The van der Waals surface area contributed by atoms with Crippen LogP contribution in [0.4, 0.5) is 0 Å². The van der Waals surface area contributed by atoms with Crippen LogP contribution in [0.3, 0.4) is 0 Å². The molecule has 5 rings (SSSR count). The first-order valence-electron chi connectivity index (χ1n) is 11.8. The first-order valence-corrected chi connectivity index (χ1v) is 11.8. The lowest BCUT2D eigenvalue weighted by atomic mass is 9.89. The molecule has 1 N–H and O–H groups in total. The highest BCUT2D eigenvalue weighted by Gasteiger charge is 2.30. The average molecular weight is 442 g/mol. The highest BCUT2D eigenvalue weighted by Crippen LogP contribution is 2.39. The summed E-state index contributed by atoms with van der Waals surface area (Å²) in [4.78, 5) is 27.7. The third-order valence-electron chi connectivity index (χ3n) is 6.91. The summed E-state index contributed by atoms with van der Waals surface area (Å²) >= 11 is 0. The number of nitrogens with one attached hydrogen (secondary N) is 1. The van der Waals surface area contributed by atoms with Crippen molar-refractivity contribution < 1.29 is 4.79 Å². The maximum atomic E-state index is 13.4. The number of nitrogens with zero attached hydrogens (tertiary/aromatic N) is 4. The molecule has 0 aliphatic carbocycles. The minimum Gasteiger partial charge on any atom is -0.358 e. The number of carbonyl (C=O) groups is 1. The molecule has 1 saturated heterocycles. The number of likely N-dealkylation sites (tertiary alicyclic amines) is 1. The largest absolute Gasteiger partial charge is 0.358 e. The fraction of sp³-hybridized carbons (Fsp3) is 0.370. The van der Waals surface area contributed by atoms with Gasteiger partial charge in [-0.25, -0.2) is 4.98 Å². The lowest BCUT2D eigenvalue weighted by molar-refractivity contribution is -0.136. The summed E-state index contributed by atoms with van der Waals surface area (Å²) in [5.41, 5.74) is 6.04. The number of pyridine rings is 1. The highest BCUT2D eigenvalue weighted by atomic mass is 16.2. The first kappa shape index (κ1) is 21.4. The van der Waals surface area contributed by atoms with Gasteiger partial charge in [0.2, 0.25) is 5.91 Å². The van der Waals surface area contributed by atoms with Gasteiger partial charge in [-0.15, -0.1) is 0 Å². The Bertz CT molecular complexity index is 1270. The SMILES string of the molecule is Cc1ccc2[nH]c([C@H]3CCCN(C(=O)[C@@H](C)Cn4ccnc4C)C3)c(-c3ccncc3)c2c1. The quantitative estimate of drug-likeness (QED) is 0.469. The minimum absolute atomic E-state index is 0.0818. The summed E-state index contributed by atoms with van der Waals surface area (Å²) in [7, 11) is 0. The van der Waals surface area contributed by atoms with E-state index in [-0.39, 0.29) is 17.7 Å². The van der Waals surface area contributed by atoms with E-state index in [9.17, 15) is 4.79 Å². The molecular formula is C27H31N5O. The predicted molar refractivity (Wildman–Crippen MR) is 131 cm³/mol. The lowest BCUT2D eigenvalue weighted by Gasteiger charge is -2.34. The molecule has 0 radical (unpaired) electrons. The van der Waals surface area contributed by atoms with Gasteiger partial charge in [-0.05, 0) is 56.5 Å². The van der Waals surface area contributed by atoms with Crippen LogP contribution in [-0.2, 0) is 11.3 Å². The minimum atomic E-state index is -0.0818. The fourth-order valence-corrected chi connectivity index (χ4v) is 5.16. The number of aromatic amines is 1. The topological polar surface area (TPSA) is 66.8 Å². The van der Waals surface area contributed by atoms with E-state index < -0.39 is 0 Å². The van der Waals surface area contributed by atoms with Gasteiger partial charge in [-0.3, -0.25) is 9.78 Å². The van der Waals surface area contributed by atoms with Gasteiger partial charge in [-0.2, -0.15) is 0 Å². The fourth-order valence-electron chi connectivity index (χ4n) is 5.16. The van der Waals surface area contributed by atoms with Gasteiger partial charge in [0.1, 0.15) is 5.82 Å². The molecule has 6 nitrogen and oxygen atoms in total. The Labute approximate surface area is 194 Å². The molecule has 0 unspecified atom stereocenters. The third-order valence-corrected chi connectivity index (χ3v) is 6.91. The maximum Gasteiger partial charge on any atom is 0.227 e. The van der Waals surface area contributed by atoms with Crippen LogP contribution in [0.5, 0.6) is 0 Å². The normalized spacial score (nSPS) is 17.4. The molecular weight excluding hydrogens is 410 g/mol. The van der Waals surface area contributed by atoms with E-state index in [2.05, 4.69) is 61.7 Å². The number of aryl methyl sites for hydroxylation is 2. The molecule has 33 heavy (non-hydrogen) atoms. The third kappa shape index (κ3) is 4.17. The lowest BCUT2D eigenvalue weighted by Crippen LogP contribution is -2.42. The summed E-state index contributed by atoms with van der Waals surface area (Å²) in [6.45, 7) is 8.38. The second kappa shape index (κ2) is 8.85. The zero-order chi connectivity index (χ0) is 22.9. The van der Waals surface area contributed by atoms with E-state index >= 15 is 0 Å². The molecule has 3 aromatic heterocycles. The molecule has 6 heteroatoms. The average Bonchev–Trinajstić information content (AvgIpc) is 3.42. The van der Waals surface area contributed by atoms with Crippen molar-refractivity contribution in [3.05, 3.63) is 72.2 Å². The Balaban J connectivity index is 1.44. The standard InChI is InChI=1S/C27H31N5O/c1-18-6-7-24-23(15-18)25(21-8-10-28-11-9-21)26(30-24)22-5-4-13-32(17-22)27(33)19(2)16-31-14-12-29-20(31)3/h6-12,14-15,19,22,30H,4-5,13,16-17H2,1-3H3/t19-,22-/m0/s1. The van der Waals surface area contributed by atoms with Crippen LogP contribution in [0.2, 0.25) is 0 Å². The second-order valence-corrected chi connectivity index (χ2v) is 9.35. The smallest absolute Gasteiger partial charge is 0.227 e. The number of aromatic nitrogens is 4. The molecule has 4 heterocycles. The molecule has 1 aromatic carbocycles. The van der Waals surface area contributed by atoms with E-state index in [0.29, 0.717) is 6.54 Å². The molecule has 4 aromatic rings. The molecule has 0 spiro atoms. The molecule has 1 aliphatic rings. The van der Waals surface area contributed by atoms with Crippen molar-refractivity contribution in [2.75, 3.05) is 13.1 Å². The summed E-state index contributed by atoms with van der Waals surface area (Å²) < 4.78 is 2.06. The Kier molecular flexibility index (Phi) is 5.75. The summed E-state index contributed by atoms with van der Waals surface area (Å²) in [5, 5.41) is 1.24. The Morgan fingerprint density at radius 2 is 2.00 bits per heavy atom. The van der Waals surface area contributed by atoms with Crippen LogP contribution in [0.1, 0.15) is 42.8 Å². The maximum absolute atomic E-state index is 13.4. The van der Waals surface area contributed by atoms with Crippen LogP contribution in [0, 0.1) is 19.8 Å². The number of hydrogen-bond acceptors (Lipinski definition) is 3. The number of amides is 1.